The zero-order valence-corrected chi connectivity index (χ0v) is 21.9. The van der Waals surface area contributed by atoms with Gasteiger partial charge in [0.15, 0.2) is 0 Å². The van der Waals surface area contributed by atoms with Crippen LogP contribution in [0.4, 0.5) is 0 Å². The van der Waals surface area contributed by atoms with Crippen molar-refractivity contribution in [1.82, 2.24) is 0 Å². The SMILES string of the molecule is C=C(B1OC(C)(C)C(C)(C)O1)C(CCCCCCCCCC)B1OC(C)(C)C(C)(C)O1. The Morgan fingerprint density at radius 2 is 1.03 bits per heavy atom. The smallest absolute Gasteiger partial charge is 0.403 e. The average molecular weight is 434 g/mol. The molecule has 2 heterocycles. The van der Waals surface area contributed by atoms with Crippen LogP contribution in [0.3, 0.4) is 0 Å². The van der Waals surface area contributed by atoms with Crippen LogP contribution in [-0.4, -0.2) is 36.6 Å². The molecule has 2 aliphatic heterocycles. The van der Waals surface area contributed by atoms with Crippen LogP contribution in [0.5, 0.6) is 0 Å². The second kappa shape index (κ2) is 10.3. The second-order valence-electron chi connectivity index (χ2n) is 11.7. The summed E-state index contributed by atoms with van der Waals surface area (Å²) in [6, 6.07) is 0. The highest BCUT2D eigenvalue weighted by Crippen LogP contribution is 2.46. The average Bonchev–Trinajstić information content (AvgIpc) is 2.99. The summed E-state index contributed by atoms with van der Waals surface area (Å²) in [4.78, 5) is 0. The van der Waals surface area contributed by atoms with Gasteiger partial charge in [-0.1, -0.05) is 58.3 Å². The molecule has 2 fully saturated rings. The summed E-state index contributed by atoms with van der Waals surface area (Å²) in [6.45, 7) is 23.5. The van der Waals surface area contributed by atoms with Crippen molar-refractivity contribution in [1.29, 1.82) is 0 Å². The normalized spacial score (nSPS) is 24.5. The van der Waals surface area contributed by atoms with Crippen molar-refractivity contribution in [3.63, 3.8) is 0 Å². The highest BCUT2D eigenvalue weighted by atomic mass is 16.7. The number of rotatable bonds is 12. The van der Waals surface area contributed by atoms with Crippen molar-refractivity contribution in [2.24, 2.45) is 0 Å². The third-order valence-corrected chi connectivity index (χ3v) is 8.00. The van der Waals surface area contributed by atoms with E-state index in [1.54, 1.807) is 0 Å². The minimum absolute atomic E-state index is 0.0517. The minimum atomic E-state index is -0.428. The van der Waals surface area contributed by atoms with Crippen LogP contribution < -0.4 is 0 Å². The van der Waals surface area contributed by atoms with Crippen molar-refractivity contribution < 1.29 is 18.6 Å². The first kappa shape index (κ1) is 27.0. The van der Waals surface area contributed by atoms with Crippen LogP contribution in [0.1, 0.15) is 120 Å². The van der Waals surface area contributed by atoms with Gasteiger partial charge in [-0.25, -0.2) is 0 Å². The molecule has 0 aromatic rings. The zero-order chi connectivity index (χ0) is 23.5. The van der Waals surface area contributed by atoms with Crippen molar-refractivity contribution >= 4 is 14.2 Å². The van der Waals surface area contributed by atoms with Crippen LogP contribution in [-0.2, 0) is 18.6 Å². The fourth-order valence-electron chi connectivity index (χ4n) is 4.22. The van der Waals surface area contributed by atoms with Gasteiger partial charge in [0.25, 0.3) is 0 Å². The van der Waals surface area contributed by atoms with Crippen LogP contribution in [0.2, 0.25) is 5.82 Å². The fourth-order valence-corrected chi connectivity index (χ4v) is 4.22. The van der Waals surface area contributed by atoms with E-state index >= 15 is 0 Å². The molecule has 31 heavy (non-hydrogen) atoms. The molecule has 0 saturated carbocycles. The quantitative estimate of drug-likeness (QED) is 0.241. The summed E-state index contributed by atoms with van der Waals surface area (Å²) in [6.07, 6.45) is 11.4. The molecule has 0 N–H and O–H groups in total. The molecule has 6 heteroatoms. The molecule has 0 aromatic heterocycles. The van der Waals surface area contributed by atoms with Gasteiger partial charge in [-0.3, -0.25) is 0 Å². The van der Waals surface area contributed by atoms with Gasteiger partial charge in [0, 0.05) is 5.82 Å². The maximum Gasteiger partial charge on any atom is 0.489 e. The van der Waals surface area contributed by atoms with Crippen molar-refractivity contribution in [3.8, 4) is 0 Å². The van der Waals surface area contributed by atoms with E-state index in [-0.39, 0.29) is 35.3 Å². The predicted molar refractivity (Wildman–Crippen MR) is 132 cm³/mol. The maximum atomic E-state index is 6.44. The summed E-state index contributed by atoms with van der Waals surface area (Å²) < 4.78 is 25.5. The van der Waals surface area contributed by atoms with Gasteiger partial charge in [-0.2, -0.15) is 0 Å². The molecular formula is C25H48B2O4. The molecule has 4 nitrogen and oxygen atoms in total. The summed E-state index contributed by atoms with van der Waals surface area (Å²) >= 11 is 0. The lowest BCUT2D eigenvalue weighted by atomic mass is 9.56. The van der Waals surface area contributed by atoms with Gasteiger partial charge in [0.2, 0.25) is 0 Å². The molecule has 0 bridgehead atoms. The highest BCUT2D eigenvalue weighted by molar-refractivity contribution is 6.60. The molecule has 0 aromatic carbocycles. The molecule has 2 aliphatic rings. The predicted octanol–water partition coefficient (Wildman–Crippen LogP) is 7.17. The molecule has 0 aliphatic carbocycles. The van der Waals surface area contributed by atoms with Gasteiger partial charge in [0.05, 0.1) is 22.4 Å². The van der Waals surface area contributed by atoms with Gasteiger partial charge in [0.1, 0.15) is 0 Å². The van der Waals surface area contributed by atoms with Crippen LogP contribution >= 0.6 is 0 Å². The lowest BCUT2D eigenvalue weighted by Gasteiger charge is -2.32. The van der Waals surface area contributed by atoms with E-state index in [0.29, 0.717) is 0 Å². The Hall–Kier alpha value is -0.290. The molecule has 1 unspecified atom stereocenters. The number of unbranched alkanes of at least 4 members (excludes halogenated alkanes) is 7. The summed E-state index contributed by atoms with van der Waals surface area (Å²) in [5, 5.41) is 0. The van der Waals surface area contributed by atoms with Crippen LogP contribution in [0, 0.1) is 0 Å². The Morgan fingerprint density at radius 3 is 1.48 bits per heavy atom. The van der Waals surface area contributed by atoms with Crippen molar-refractivity contribution in [3.05, 3.63) is 12.1 Å². The molecule has 0 radical (unpaired) electrons. The third kappa shape index (κ3) is 6.40. The number of hydrogen-bond acceptors (Lipinski definition) is 4. The first-order valence-corrected chi connectivity index (χ1v) is 12.6. The summed E-state index contributed by atoms with van der Waals surface area (Å²) in [5.74, 6) is 0.0517. The molecule has 0 spiro atoms. The summed E-state index contributed by atoms with van der Waals surface area (Å²) in [7, 11) is -0.746. The molecule has 178 valence electrons. The summed E-state index contributed by atoms with van der Waals surface area (Å²) in [5.41, 5.74) is -0.518. The van der Waals surface area contributed by atoms with E-state index in [2.05, 4.69) is 68.9 Å². The van der Waals surface area contributed by atoms with Crippen molar-refractivity contribution in [2.75, 3.05) is 0 Å². The number of hydrogen-bond donors (Lipinski definition) is 0. The topological polar surface area (TPSA) is 36.9 Å². The molecule has 0 amide bonds. The molecule has 2 rings (SSSR count). The lowest BCUT2D eigenvalue weighted by Crippen LogP contribution is -2.41. The van der Waals surface area contributed by atoms with Crippen molar-refractivity contribution in [2.45, 2.75) is 148 Å². The Labute approximate surface area is 193 Å². The lowest BCUT2D eigenvalue weighted by molar-refractivity contribution is 0.00578. The second-order valence-corrected chi connectivity index (χ2v) is 11.7. The van der Waals surface area contributed by atoms with E-state index in [4.69, 9.17) is 18.6 Å². The molecule has 2 saturated heterocycles. The fraction of sp³-hybridized carbons (Fsp3) is 0.920. The van der Waals surface area contributed by atoms with E-state index in [1.165, 1.54) is 44.9 Å². The van der Waals surface area contributed by atoms with E-state index in [9.17, 15) is 0 Å². The van der Waals surface area contributed by atoms with Crippen LogP contribution in [0.25, 0.3) is 0 Å². The van der Waals surface area contributed by atoms with E-state index in [1.807, 2.05) is 0 Å². The van der Waals surface area contributed by atoms with Gasteiger partial charge in [-0.05, 0) is 67.3 Å². The van der Waals surface area contributed by atoms with E-state index < -0.39 is 7.12 Å². The van der Waals surface area contributed by atoms with E-state index in [0.717, 1.165) is 18.3 Å². The number of allylic oxidation sites excluding steroid dienone is 1. The highest BCUT2D eigenvalue weighted by Gasteiger charge is 2.58. The Bertz CT molecular complexity index is 568. The maximum absolute atomic E-state index is 6.44. The Morgan fingerprint density at radius 1 is 0.645 bits per heavy atom. The van der Waals surface area contributed by atoms with Gasteiger partial charge in [-0.15, -0.1) is 6.58 Å². The van der Waals surface area contributed by atoms with Crippen LogP contribution in [0.15, 0.2) is 12.1 Å². The minimum Gasteiger partial charge on any atom is -0.403 e. The van der Waals surface area contributed by atoms with Gasteiger partial charge < -0.3 is 18.6 Å². The zero-order valence-electron chi connectivity index (χ0n) is 21.9. The first-order valence-electron chi connectivity index (χ1n) is 12.6. The standard InChI is InChI=1S/C25H48B2O4/c1-11-12-13-14-15-16-17-18-19-21(27-30-24(7,8)25(9,10)31-27)20(2)26-28-22(3,4)23(5,6)29-26/h21H,2,11-19H2,1,3-10H3. The third-order valence-electron chi connectivity index (χ3n) is 8.00. The molecular weight excluding hydrogens is 386 g/mol. The monoisotopic (exact) mass is 434 g/mol. The first-order chi connectivity index (χ1) is 14.2. The Balaban J connectivity index is 2.01. The largest absolute Gasteiger partial charge is 0.489 e. The Kier molecular flexibility index (Phi) is 8.98. The van der Waals surface area contributed by atoms with Gasteiger partial charge >= 0.3 is 14.2 Å². The molecule has 1 atom stereocenters.